The summed E-state index contributed by atoms with van der Waals surface area (Å²) >= 11 is 0. The third kappa shape index (κ3) is 1.79. The quantitative estimate of drug-likeness (QED) is 0.333. The van der Waals surface area contributed by atoms with Crippen molar-refractivity contribution >= 4 is 0 Å². The first-order valence-corrected chi connectivity index (χ1v) is 9.68. The van der Waals surface area contributed by atoms with E-state index in [-0.39, 0.29) is 12.3 Å². The highest BCUT2D eigenvalue weighted by atomic mass is 16.4. The van der Waals surface area contributed by atoms with Gasteiger partial charge in [-0.3, -0.25) is 0 Å². The van der Waals surface area contributed by atoms with E-state index in [9.17, 15) is 30.6 Å². The molecular weight excluding hydrogens is 336 g/mol. The van der Waals surface area contributed by atoms with Gasteiger partial charge >= 0.3 is 0 Å². The van der Waals surface area contributed by atoms with Crippen LogP contribution >= 0.6 is 0 Å². The van der Waals surface area contributed by atoms with Crippen LogP contribution in [-0.2, 0) is 0 Å². The zero-order valence-electron chi connectivity index (χ0n) is 15.8. The summed E-state index contributed by atoms with van der Waals surface area (Å²) in [5.41, 5.74) is -4.49. The second-order valence-corrected chi connectivity index (χ2v) is 10.2. The summed E-state index contributed by atoms with van der Waals surface area (Å²) in [6, 6.07) is 0. The summed E-state index contributed by atoms with van der Waals surface area (Å²) in [5, 5.41) is 66.9. The van der Waals surface area contributed by atoms with Crippen molar-refractivity contribution in [2.24, 2.45) is 28.6 Å². The van der Waals surface area contributed by atoms with Gasteiger partial charge in [-0.1, -0.05) is 26.0 Å². The minimum atomic E-state index is -1.87. The average molecular weight is 368 g/mol. The Morgan fingerprint density at radius 1 is 0.962 bits per heavy atom. The van der Waals surface area contributed by atoms with Gasteiger partial charge in [-0.25, -0.2) is 0 Å². The second-order valence-electron chi connectivity index (χ2n) is 10.2. The molecule has 4 saturated carbocycles. The van der Waals surface area contributed by atoms with Crippen molar-refractivity contribution in [1.29, 1.82) is 0 Å². The van der Waals surface area contributed by atoms with Gasteiger partial charge in [-0.2, -0.15) is 0 Å². The van der Waals surface area contributed by atoms with Crippen LogP contribution in [0.4, 0.5) is 0 Å². The van der Waals surface area contributed by atoms with Crippen molar-refractivity contribution in [3.05, 3.63) is 12.2 Å². The zero-order valence-corrected chi connectivity index (χ0v) is 15.8. The van der Waals surface area contributed by atoms with Crippen LogP contribution in [0.2, 0.25) is 0 Å². The van der Waals surface area contributed by atoms with Gasteiger partial charge in [0.05, 0.1) is 30.0 Å². The van der Waals surface area contributed by atoms with E-state index < -0.39 is 58.3 Å². The minimum Gasteiger partial charge on any atom is -0.392 e. The predicted octanol–water partition coefficient (Wildman–Crippen LogP) is -0.0557. The molecule has 4 fully saturated rings. The standard InChI is InChI=1S/C20H32O6/c1-9-7-19-8-12(21)20(26)14(13(22)16(24)17(20,2)3)18(4,25)11(19)6-5-10(9)15(19)23/h10-16,21-26H,1,5-8H2,2-4H3/t10-,11-,12+,13+,14-,15?,16-,18+,19+,20+/m0/s1. The smallest absolute Gasteiger partial charge is 0.106 e. The fourth-order valence-corrected chi connectivity index (χ4v) is 7.48. The third-order valence-electron chi connectivity index (χ3n) is 8.84. The van der Waals surface area contributed by atoms with Crippen molar-refractivity contribution in [3.8, 4) is 0 Å². The van der Waals surface area contributed by atoms with Gasteiger partial charge in [-0.15, -0.1) is 0 Å². The number of hydrogen-bond donors (Lipinski definition) is 6. The van der Waals surface area contributed by atoms with Crippen LogP contribution in [0.1, 0.15) is 46.5 Å². The molecule has 0 aromatic heterocycles. The largest absolute Gasteiger partial charge is 0.392 e. The fourth-order valence-electron chi connectivity index (χ4n) is 7.48. The summed E-state index contributed by atoms with van der Waals surface area (Å²) in [7, 11) is 0. The maximum atomic E-state index is 11.7. The topological polar surface area (TPSA) is 121 Å². The minimum absolute atomic E-state index is 0.0506. The molecule has 26 heavy (non-hydrogen) atoms. The van der Waals surface area contributed by atoms with Crippen LogP contribution in [0.3, 0.4) is 0 Å². The highest BCUT2D eigenvalue weighted by Gasteiger charge is 2.77. The van der Waals surface area contributed by atoms with Crippen molar-refractivity contribution in [2.45, 2.75) is 82.1 Å². The van der Waals surface area contributed by atoms with Crippen LogP contribution in [0.5, 0.6) is 0 Å². The monoisotopic (exact) mass is 368 g/mol. The van der Waals surface area contributed by atoms with E-state index in [1.807, 2.05) is 0 Å². The summed E-state index contributed by atoms with van der Waals surface area (Å²) in [4.78, 5) is 0. The highest BCUT2D eigenvalue weighted by Crippen LogP contribution is 2.68. The maximum absolute atomic E-state index is 11.7. The molecule has 2 bridgehead atoms. The molecule has 0 radical (unpaired) electrons. The molecule has 0 aromatic rings. The summed E-state index contributed by atoms with van der Waals surface area (Å²) in [6.45, 7) is 8.91. The van der Waals surface area contributed by atoms with Gasteiger partial charge in [0.15, 0.2) is 0 Å². The summed E-state index contributed by atoms with van der Waals surface area (Å²) < 4.78 is 0. The van der Waals surface area contributed by atoms with E-state index in [0.29, 0.717) is 19.3 Å². The van der Waals surface area contributed by atoms with Gasteiger partial charge in [0.2, 0.25) is 0 Å². The Labute approximate surface area is 154 Å². The first-order valence-electron chi connectivity index (χ1n) is 9.68. The Balaban J connectivity index is 1.93. The van der Waals surface area contributed by atoms with E-state index in [2.05, 4.69) is 6.58 Å². The Bertz CT molecular complexity index is 644. The zero-order chi connectivity index (χ0) is 19.4. The molecule has 0 aromatic carbocycles. The Hall–Kier alpha value is -0.500. The first-order chi connectivity index (χ1) is 11.8. The van der Waals surface area contributed by atoms with E-state index in [4.69, 9.17) is 0 Å². The van der Waals surface area contributed by atoms with Crippen molar-refractivity contribution < 1.29 is 30.6 Å². The predicted molar refractivity (Wildman–Crippen MR) is 93.9 cm³/mol. The van der Waals surface area contributed by atoms with Gasteiger partial charge < -0.3 is 30.6 Å². The molecule has 10 atom stereocenters. The van der Waals surface area contributed by atoms with Gasteiger partial charge in [0.25, 0.3) is 0 Å². The maximum Gasteiger partial charge on any atom is 0.106 e. The number of fused-ring (bicyclic) bond motifs is 2. The molecule has 1 spiro atoms. The first kappa shape index (κ1) is 18.8. The summed E-state index contributed by atoms with van der Waals surface area (Å²) in [5.74, 6) is -1.58. The molecule has 148 valence electrons. The Kier molecular flexibility index (Phi) is 3.70. The van der Waals surface area contributed by atoms with E-state index in [1.165, 1.54) is 0 Å². The number of aliphatic hydroxyl groups excluding tert-OH is 4. The van der Waals surface area contributed by atoms with Crippen LogP contribution in [-0.4, -0.2) is 66.3 Å². The lowest BCUT2D eigenvalue weighted by Crippen LogP contribution is -2.62. The normalized spacial score (nSPS) is 61.1. The van der Waals surface area contributed by atoms with E-state index in [1.54, 1.807) is 20.8 Å². The van der Waals surface area contributed by atoms with Crippen LogP contribution in [0.15, 0.2) is 12.2 Å². The third-order valence-corrected chi connectivity index (χ3v) is 8.84. The summed E-state index contributed by atoms with van der Waals surface area (Å²) in [6.07, 6.45) is -2.74. The lowest BCUT2D eigenvalue weighted by molar-refractivity contribution is -0.209. The van der Waals surface area contributed by atoms with Gasteiger partial charge in [0.1, 0.15) is 5.60 Å². The SMILES string of the molecule is C=C1C[C@@]23C[C@@H](O)[C@@]4(O)[C@@H]([C@@H](O)[C@H](O)C4(C)C)[C@](C)(O)[C@@H]2CC[C@@H]1C3O. The molecule has 6 heteroatoms. The van der Waals surface area contributed by atoms with E-state index >= 15 is 0 Å². The number of aliphatic hydroxyl groups is 6. The van der Waals surface area contributed by atoms with Crippen molar-refractivity contribution in [2.75, 3.05) is 0 Å². The van der Waals surface area contributed by atoms with Crippen molar-refractivity contribution in [1.82, 2.24) is 0 Å². The molecule has 0 saturated heterocycles. The van der Waals surface area contributed by atoms with Gasteiger partial charge in [0, 0.05) is 22.7 Å². The number of rotatable bonds is 0. The van der Waals surface area contributed by atoms with Crippen LogP contribution in [0.25, 0.3) is 0 Å². The van der Waals surface area contributed by atoms with Crippen LogP contribution in [0, 0.1) is 28.6 Å². The molecule has 0 amide bonds. The average Bonchev–Trinajstić information content (AvgIpc) is 2.73. The van der Waals surface area contributed by atoms with Crippen molar-refractivity contribution in [3.63, 3.8) is 0 Å². The van der Waals surface area contributed by atoms with Gasteiger partial charge in [-0.05, 0) is 38.5 Å². The van der Waals surface area contributed by atoms with Crippen LogP contribution < -0.4 is 0 Å². The Morgan fingerprint density at radius 2 is 1.58 bits per heavy atom. The molecule has 4 aliphatic carbocycles. The fraction of sp³-hybridized carbons (Fsp3) is 0.900. The molecule has 0 heterocycles. The number of hydrogen-bond acceptors (Lipinski definition) is 6. The molecule has 6 N–H and O–H groups in total. The molecule has 4 rings (SSSR count). The highest BCUT2D eigenvalue weighted by molar-refractivity contribution is 5.30. The molecule has 6 nitrogen and oxygen atoms in total. The van der Waals surface area contributed by atoms with E-state index in [0.717, 1.165) is 5.57 Å². The Morgan fingerprint density at radius 3 is 2.19 bits per heavy atom. The lowest BCUT2D eigenvalue weighted by atomic mass is 9.57. The lowest BCUT2D eigenvalue weighted by Gasteiger charge is -2.51. The molecule has 1 unspecified atom stereocenters. The molecule has 0 aliphatic heterocycles. The molecule has 4 aliphatic rings. The second kappa shape index (κ2) is 5.10. The molecular formula is C20H32O6.